The summed E-state index contributed by atoms with van der Waals surface area (Å²) >= 11 is 3.26. The predicted molar refractivity (Wildman–Crippen MR) is 65.1 cm³/mol. The van der Waals surface area contributed by atoms with E-state index in [0.717, 1.165) is 4.47 Å². The number of pyridine rings is 1. The molecule has 0 aliphatic carbocycles. The van der Waals surface area contributed by atoms with Gasteiger partial charge in [-0.15, -0.1) is 0 Å². The number of nitrogens with zero attached hydrogens (tertiary/aromatic N) is 4. The molecular weight excluding hydrogens is 290 g/mol. The molecule has 0 unspecified atom stereocenters. The third-order valence-electron chi connectivity index (χ3n) is 2.06. The first kappa shape index (κ1) is 11.5. The van der Waals surface area contributed by atoms with E-state index in [2.05, 4.69) is 31.2 Å². The summed E-state index contributed by atoms with van der Waals surface area (Å²) in [6.45, 7) is 0. The number of hydrogen-bond acceptors (Lipinski definition) is 5. The fourth-order valence-electron chi connectivity index (χ4n) is 1.27. The van der Waals surface area contributed by atoms with Gasteiger partial charge in [0.1, 0.15) is 5.82 Å². The van der Waals surface area contributed by atoms with Crippen LogP contribution in [0.25, 0.3) is 0 Å². The molecule has 2 heterocycles. The van der Waals surface area contributed by atoms with Gasteiger partial charge in [0.15, 0.2) is 0 Å². The van der Waals surface area contributed by atoms with E-state index in [1.165, 1.54) is 10.9 Å². The molecule has 0 spiro atoms. The molecule has 17 heavy (non-hydrogen) atoms. The molecule has 2 rings (SSSR count). The van der Waals surface area contributed by atoms with Gasteiger partial charge in [-0.25, -0.2) is 4.98 Å². The van der Waals surface area contributed by atoms with Crippen molar-refractivity contribution in [3.8, 4) is 0 Å². The summed E-state index contributed by atoms with van der Waals surface area (Å²) in [6, 6.07) is 3.50. The second kappa shape index (κ2) is 4.50. The maximum absolute atomic E-state index is 10.7. The quantitative estimate of drug-likeness (QED) is 0.693. The average Bonchev–Trinajstić information content (AvgIpc) is 2.64. The molecule has 0 amide bonds. The van der Waals surface area contributed by atoms with Crippen molar-refractivity contribution < 1.29 is 4.92 Å². The van der Waals surface area contributed by atoms with Crippen LogP contribution in [-0.4, -0.2) is 19.5 Å². The molecule has 0 radical (unpaired) electrons. The van der Waals surface area contributed by atoms with Crippen LogP contribution in [0.4, 0.5) is 17.5 Å². The van der Waals surface area contributed by atoms with E-state index in [1.807, 2.05) is 0 Å². The van der Waals surface area contributed by atoms with E-state index in [4.69, 9.17) is 0 Å². The number of rotatable bonds is 3. The van der Waals surface area contributed by atoms with Gasteiger partial charge in [0.25, 0.3) is 0 Å². The van der Waals surface area contributed by atoms with Crippen molar-refractivity contribution in [3.63, 3.8) is 0 Å². The summed E-state index contributed by atoms with van der Waals surface area (Å²) < 4.78 is 2.37. The third kappa shape index (κ3) is 2.41. The summed E-state index contributed by atoms with van der Waals surface area (Å²) in [7, 11) is 1.67. The molecule has 0 bridgehead atoms. The van der Waals surface area contributed by atoms with Gasteiger partial charge in [-0.3, -0.25) is 4.57 Å². The van der Waals surface area contributed by atoms with Crippen LogP contribution in [0.3, 0.4) is 0 Å². The van der Waals surface area contributed by atoms with E-state index in [1.54, 1.807) is 25.4 Å². The molecule has 0 aliphatic heterocycles. The Morgan fingerprint density at radius 1 is 1.47 bits per heavy atom. The minimum absolute atomic E-state index is 0.225. The fraction of sp³-hybridized carbons (Fsp3) is 0.111. The van der Waals surface area contributed by atoms with Crippen LogP contribution in [0.15, 0.2) is 29.1 Å². The van der Waals surface area contributed by atoms with Crippen molar-refractivity contribution in [2.24, 2.45) is 7.05 Å². The molecular formula is C9H8BrN5O2. The smallest absolute Gasteiger partial charge is 0.358 e. The van der Waals surface area contributed by atoms with Crippen molar-refractivity contribution in [1.82, 2.24) is 14.5 Å². The fourth-order valence-corrected chi connectivity index (χ4v) is 1.50. The topological polar surface area (TPSA) is 85.9 Å². The van der Waals surface area contributed by atoms with E-state index in [0.29, 0.717) is 11.6 Å². The average molecular weight is 298 g/mol. The van der Waals surface area contributed by atoms with Gasteiger partial charge in [-0.2, -0.15) is 0 Å². The normalized spacial score (nSPS) is 10.2. The maximum atomic E-state index is 10.7. The molecule has 1 N–H and O–H groups in total. The van der Waals surface area contributed by atoms with Gasteiger partial charge < -0.3 is 15.4 Å². The highest BCUT2D eigenvalue weighted by Crippen LogP contribution is 2.24. The number of aryl methyl sites for hydroxylation is 1. The van der Waals surface area contributed by atoms with Crippen molar-refractivity contribution >= 4 is 33.4 Å². The van der Waals surface area contributed by atoms with Crippen LogP contribution in [0.2, 0.25) is 0 Å². The summed E-state index contributed by atoms with van der Waals surface area (Å²) in [5.74, 6) is 0.585. The molecule has 88 valence electrons. The highest BCUT2D eigenvalue weighted by Gasteiger charge is 2.20. The molecule has 2 aromatic rings. The minimum Gasteiger partial charge on any atom is -0.358 e. The monoisotopic (exact) mass is 297 g/mol. The number of hydrogen-bond donors (Lipinski definition) is 1. The van der Waals surface area contributed by atoms with E-state index < -0.39 is 4.92 Å². The molecule has 0 saturated heterocycles. The van der Waals surface area contributed by atoms with Crippen LogP contribution >= 0.6 is 15.9 Å². The predicted octanol–water partition coefficient (Wildman–Crippen LogP) is 2.23. The van der Waals surface area contributed by atoms with Gasteiger partial charge >= 0.3 is 5.82 Å². The van der Waals surface area contributed by atoms with Gasteiger partial charge in [0, 0.05) is 17.7 Å². The lowest BCUT2D eigenvalue weighted by molar-refractivity contribution is -0.388. The number of nitrogens with one attached hydrogen (secondary N) is 1. The molecule has 0 saturated carbocycles. The molecule has 0 aliphatic rings. The Kier molecular flexibility index (Phi) is 3.05. The zero-order chi connectivity index (χ0) is 12.4. The summed E-state index contributed by atoms with van der Waals surface area (Å²) in [5.41, 5.74) is 0. The Balaban J connectivity index is 2.32. The van der Waals surface area contributed by atoms with Gasteiger partial charge in [-0.1, -0.05) is 0 Å². The Labute approximate surface area is 105 Å². The number of halogens is 1. The van der Waals surface area contributed by atoms with E-state index >= 15 is 0 Å². The number of nitro groups is 1. The minimum atomic E-state index is -0.540. The number of imidazole rings is 1. The zero-order valence-corrected chi connectivity index (χ0v) is 10.4. The summed E-state index contributed by atoms with van der Waals surface area (Å²) in [4.78, 5) is 18.0. The highest BCUT2D eigenvalue weighted by atomic mass is 79.9. The molecule has 0 fully saturated rings. The van der Waals surface area contributed by atoms with Crippen molar-refractivity contribution in [2.45, 2.75) is 0 Å². The van der Waals surface area contributed by atoms with Gasteiger partial charge in [-0.05, 0) is 38.0 Å². The van der Waals surface area contributed by atoms with Gasteiger partial charge in [0.05, 0.1) is 0 Å². The largest absolute Gasteiger partial charge is 0.406 e. The second-order valence-electron chi connectivity index (χ2n) is 3.27. The lowest BCUT2D eigenvalue weighted by Crippen LogP contribution is -2.01. The van der Waals surface area contributed by atoms with Crippen LogP contribution in [0.1, 0.15) is 0 Å². The van der Waals surface area contributed by atoms with E-state index in [9.17, 15) is 10.1 Å². The Morgan fingerprint density at radius 2 is 2.24 bits per heavy atom. The summed E-state index contributed by atoms with van der Waals surface area (Å²) in [5, 5.41) is 13.6. The first-order chi connectivity index (χ1) is 8.08. The Hall–Kier alpha value is -1.96. The third-order valence-corrected chi connectivity index (χ3v) is 2.53. The first-order valence-electron chi connectivity index (χ1n) is 4.62. The summed E-state index contributed by atoms with van der Waals surface area (Å²) in [6.07, 6.45) is 2.98. The van der Waals surface area contributed by atoms with Crippen molar-refractivity contribution in [3.05, 3.63) is 39.2 Å². The van der Waals surface area contributed by atoms with Crippen LogP contribution in [0, 0.1) is 10.1 Å². The standard InChI is InChI=1S/C9H8BrN5O2/c1-14-5-12-8(15(16)17)9(14)13-7-3-2-6(10)4-11-7/h2-5H,1H3,(H,11,13). The van der Waals surface area contributed by atoms with E-state index in [-0.39, 0.29) is 5.82 Å². The Morgan fingerprint density at radius 3 is 2.82 bits per heavy atom. The Bertz CT molecular complexity index is 551. The first-order valence-corrected chi connectivity index (χ1v) is 5.41. The highest BCUT2D eigenvalue weighted by molar-refractivity contribution is 9.10. The molecule has 0 atom stereocenters. The molecule has 7 nitrogen and oxygen atoms in total. The molecule has 2 aromatic heterocycles. The lowest BCUT2D eigenvalue weighted by Gasteiger charge is -2.04. The molecule has 0 aromatic carbocycles. The van der Waals surface area contributed by atoms with Crippen molar-refractivity contribution in [2.75, 3.05) is 5.32 Å². The van der Waals surface area contributed by atoms with Gasteiger partial charge in [0.2, 0.25) is 12.1 Å². The SMILES string of the molecule is Cn1cnc([N+](=O)[O-])c1Nc1ccc(Br)cn1. The molecule has 8 heteroatoms. The zero-order valence-electron chi connectivity index (χ0n) is 8.79. The second-order valence-corrected chi connectivity index (χ2v) is 4.19. The van der Waals surface area contributed by atoms with Crippen LogP contribution in [-0.2, 0) is 7.05 Å². The number of anilines is 2. The van der Waals surface area contributed by atoms with Crippen LogP contribution < -0.4 is 5.32 Å². The van der Waals surface area contributed by atoms with Crippen LogP contribution in [0.5, 0.6) is 0 Å². The maximum Gasteiger partial charge on any atom is 0.406 e. The lowest BCUT2D eigenvalue weighted by atomic mass is 10.4. The van der Waals surface area contributed by atoms with Crippen molar-refractivity contribution in [1.29, 1.82) is 0 Å². The number of aromatic nitrogens is 3.